The number of aromatic nitrogens is 2. The summed E-state index contributed by atoms with van der Waals surface area (Å²) in [6, 6.07) is 10.4. The molecule has 1 aromatic carbocycles. The summed E-state index contributed by atoms with van der Waals surface area (Å²) in [4.78, 5) is 37.0. The molecular formula is C16H10ClN3O5. The number of aromatic amines is 2. The van der Waals surface area contributed by atoms with Crippen LogP contribution in [0.15, 0.2) is 50.4 Å². The van der Waals surface area contributed by atoms with E-state index in [1.165, 1.54) is 12.2 Å². The molecule has 0 bridgehead atoms. The van der Waals surface area contributed by atoms with Gasteiger partial charge in [0.1, 0.15) is 17.2 Å². The number of nitrogens with zero attached hydrogens (tertiary/aromatic N) is 1. The van der Waals surface area contributed by atoms with Gasteiger partial charge in [-0.1, -0.05) is 23.7 Å². The molecule has 0 aliphatic rings. The fraction of sp³-hybridized carbons (Fsp3) is 0. The highest BCUT2D eigenvalue weighted by molar-refractivity contribution is 6.30. The Labute approximate surface area is 144 Å². The molecule has 9 heteroatoms. The van der Waals surface area contributed by atoms with Crippen LogP contribution in [0.3, 0.4) is 0 Å². The van der Waals surface area contributed by atoms with Gasteiger partial charge in [0.25, 0.3) is 0 Å². The van der Waals surface area contributed by atoms with Crippen LogP contribution in [0.25, 0.3) is 23.5 Å². The number of rotatable bonds is 4. The molecule has 0 radical (unpaired) electrons. The smallest absolute Gasteiger partial charge is 0.357 e. The summed E-state index contributed by atoms with van der Waals surface area (Å²) in [6.45, 7) is 0. The molecule has 0 aliphatic heterocycles. The highest BCUT2D eigenvalue weighted by Crippen LogP contribution is 2.25. The monoisotopic (exact) mass is 359 g/mol. The van der Waals surface area contributed by atoms with Crippen molar-refractivity contribution in [3.05, 3.63) is 83.8 Å². The van der Waals surface area contributed by atoms with E-state index in [2.05, 4.69) is 4.98 Å². The summed E-state index contributed by atoms with van der Waals surface area (Å²) < 4.78 is 5.61. The predicted molar refractivity (Wildman–Crippen MR) is 92.4 cm³/mol. The fourth-order valence-electron chi connectivity index (χ4n) is 2.20. The number of nitro groups is 1. The SMILES string of the molecule is O=c1[nH]c(/C=C/c2ccc(-c3cccc(Cl)c3)o2)c([N+](=O)[O-])c(=O)[nH]1. The van der Waals surface area contributed by atoms with Crippen molar-refractivity contribution < 1.29 is 9.34 Å². The molecule has 8 nitrogen and oxygen atoms in total. The van der Waals surface area contributed by atoms with Crippen LogP contribution in [0.5, 0.6) is 0 Å². The summed E-state index contributed by atoms with van der Waals surface area (Å²) in [5.74, 6) is 0.932. The van der Waals surface area contributed by atoms with Gasteiger partial charge in [0.05, 0.1) is 4.92 Å². The van der Waals surface area contributed by atoms with Gasteiger partial charge in [-0.25, -0.2) is 4.79 Å². The molecule has 0 spiro atoms. The summed E-state index contributed by atoms with van der Waals surface area (Å²) >= 11 is 5.93. The average molecular weight is 360 g/mol. The van der Waals surface area contributed by atoms with Gasteiger partial charge >= 0.3 is 16.9 Å². The zero-order valence-corrected chi connectivity index (χ0v) is 13.2. The average Bonchev–Trinajstić information content (AvgIpc) is 3.01. The van der Waals surface area contributed by atoms with Crippen LogP contribution in [0.2, 0.25) is 5.02 Å². The Morgan fingerprint density at radius 1 is 1.12 bits per heavy atom. The maximum atomic E-state index is 11.5. The first-order valence-electron chi connectivity index (χ1n) is 6.99. The number of halogens is 1. The van der Waals surface area contributed by atoms with Crippen molar-refractivity contribution in [2.45, 2.75) is 0 Å². The normalized spacial score (nSPS) is 11.1. The molecule has 2 aromatic heterocycles. The summed E-state index contributed by atoms with van der Waals surface area (Å²) in [7, 11) is 0. The van der Waals surface area contributed by atoms with Gasteiger partial charge in [0.15, 0.2) is 0 Å². The van der Waals surface area contributed by atoms with E-state index in [4.69, 9.17) is 16.0 Å². The maximum Gasteiger partial charge on any atom is 0.357 e. The van der Waals surface area contributed by atoms with Gasteiger partial charge in [0.2, 0.25) is 0 Å². The van der Waals surface area contributed by atoms with Gasteiger partial charge in [-0.2, -0.15) is 0 Å². The van der Waals surface area contributed by atoms with Crippen LogP contribution < -0.4 is 11.2 Å². The fourth-order valence-corrected chi connectivity index (χ4v) is 2.39. The summed E-state index contributed by atoms with van der Waals surface area (Å²) in [5.41, 5.74) is -2.12. The zero-order chi connectivity index (χ0) is 18.0. The quantitative estimate of drug-likeness (QED) is 0.547. The molecule has 0 fully saturated rings. The van der Waals surface area contributed by atoms with Crippen molar-refractivity contribution in [2.24, 2.45) is 0 Å². The minimum Gasteiger partial charge on any atom is -0.457 e. The molecule has 3 aromatic rings. The number of benzene rings is 1. The molecule has 2 N–H and O–H groups in total. The number of H-pyrrole nitrogens is 2. The molecule has 0 amide bonds. The van der Waals surface area contributed by atoms with E-state index in [0.29, 0.717) is 16.5 Å². The number of furan rings is 1. The second kappa shape index (κ2) is 6.62. The summed E-state index contributed by atoms with van der Waals surface area (Å²) in [5, 5.41) is 11.5. The Morgan fingerprint density at radius 3 is 2.64 bits per heavy atom. The Bertz CT molecular complexity index is 1090. The van der Waals surface area contributed by atoms with Gasteiger partial charge in [0, 0.05) is 10.6 Å². The molecule has 126 valence electrons. The third kappa shape index (κ3) is 3.59. The maximum absolute atomic E-state index is 11.5. The highest BCUT2D eigenvalue weighted by Gasteiger charge is 2.18. The van der Waals surface area contributed by atoms with Gasteiger partial charge in [-0.3, -0.25) is 19.9 Å². The van der Waals surface area contributed by atoms with E-state index in [1.807, 2.05) is 11.1 Å². The largest absolute Gasteiger partial charge is 0.457 e. The minimum absolute atomic E-state index is 0.223. The highest BCUT2D eigenvalue weighted by atomic mass is 35.5. The molecule has 0 saturated heterocycles. The number of hydrogen-bond donors (Lipinski definition) is 2. The second-order valence-corrected chi connectivity index (χ2v) is 5.41. The molecule has 0 atom stereocenters. The Hall–Kier alpha value is -3.39. The van der Waals surface area contributed by atoms with Crippen LogP contribution in [0.4, 0.5) is 5.69 Å². The third-order valence-electron chi connectivity index (χ3n) is 3.28. The first-order valence-corrected chi connectivity index (χ1v) is 7.36. The molecular weight excluding hydrogens is 350 g/mol. The third-order valence-corrected chi connectivity index (χ3v) is 3.51. The topological polar surface area (TPSA) is 122 Å². The van der Waals surface area contributed by atoms with E-state index in [-0.39, 0.29) is 5.69 Å². The van der Waals surface area contributed by atoms with Crippen LogP contribution in [0.1, 0.15) is 11.5 Å². The molecule has 0 unspecified atom stereocenters. The van der Waals surface area contributed by atoms with E-state index in [1.54, 1.807) is 30.3 Å². The first kappa shape index (κ1) is 16.5. The van der Waals surface area contributed by atoms with Crippen LogP contribution in [-0.4, -0.2) is 14.9 Å². The van der Waals surface area contributed by atoms with E-state index >= 15 is 0 Å². The lowest BCUT2D eigenvalue weighted by atomic mass is 10.2. The lowest BCUT2D eigenvalue weighted by molar-refractivity contribution is -0.386. The van der Waals surface area contributed by atoms with E-state index in [0.717, 1.165) is 5.56 Å². The molecule has 3 rings (SSSR count). The minimum atomic E-state index is -1.08. The van der Waals surface area contributed by atoms with Crippen molar-refractivity contribution in [3.63, 3.8) is 0 Å². The molecule has 0 saturated carbocycles. The Balaban J connectivity index is 1.95. The molecule has 0 aliphatic carbocycles. The van der Waals surface area contributed by atoms with Gasteiger partial charge in [-0.15, -0.1) is 0 Å². The molecule has 25 heavy (non-hydrogen) atoms. The second-order valence-electron chi connectivity index (χ2n) is 4.97. The number of hydrogen-bond acceptors (Lipinski definition) is 5. The van der Waals surface area contributed by atoms with Crippen molar-refractivity contribution >= 4 is 29.4 Å². The van der Waals surface area contributed by atoms with Crippen molar-refractivity contribution in [1.82, 2.24) is 9.97 Å². The van der Waals surface area contributed by atoms with Crippen molar-refractivity contribution in [1.29, 1.82) is 0 Å². The van der Waals surface area contributed by atoms with Gasteiger partial charge in [-0.05, 0) is 36.4 Å². The van der Waals surface area contributed by atoms with Crippen molar-refractivity contribution in [2.75, 3.05) is 0 Å². The predicted octanol–water partition coefficient (Wildman–Crippen LogP) is 3.06. The lowest BCUT2D eigenvalue weighted by Gasteiger charge is -1.97. The standard InChI is InChI=1S/C16H10ClN3O5/c17-10-3-1-2-9(8-10)13-7-5-11(25-13)4-6-12-14(20(23)24)15(21)19-16(22)18-12/h1-8H,(H2,18,19,21,22)/b6-4+. The summed E-state index contributed by atoms with van der Waals surface area (Å²) in [6.07, 6.45) is 2.64. The number of nitrogens with one attached hydrogen (secondary N) is 2. The van der Waals surface area contributed by atoms with Crippen LogP contribution >= 0.6 is 11.6 Å². The zero-order valence-electron chi connectivity index (χ0n) is 12.5. The van der Waals surface area contributed by atoms with Crippen LogP contribution in [-0.2, 0) is 0 Å². The van der Waals surface area contributed by atoms with E-state index in [9.17, 15) is 19.7 Å². The van der Waals surface area contributed by atoms with E-state index < -0.39 is 21.9 Å². The first-order chi connectivity index (χ1) is 11.9. The Morgan fingerprint density at radius 2 is 1.92 bits per heavy atom. The Kier molecular flexibility index (Phi) is 4.36. The molecule has 2 heterocycles. The van der Waals surface area contributed by atoms with Crippen LogP contribution in [0, 0.1) is 10.1 Å². The lowest BCUT2D eigenvalue weighted by Crippen LogP contribution is -2.25. The van der Waals surface area contributed by atoms with Crippen molar-refractivity contribution in [3.8, 4) is 11.3 Å². The van der Waals surface area contributed by atoms with Gasteiger partial charge < -0.3 is 9.40 Å².